The molecule has 1 atom stereocenters. The number of ether oxygens (including phenoxy) is 1. The van der Waals surface area contributed by atoms with E-state index >= 15 is 0 Å². The lowest BCUT2D eigenvalue weighted by molar-refractivity contribution is 0.0639. The Morgan fingerprint density at radius 1 is 1.30 bits per heavy atom. The van der Waals surface area contributed by atoms with Gasteiger partial charge in [0.2, 0.25) is 0 Å². The zero-order chi connectivity index (χ0) is 13.8. The van der Waals surface area contributed by atoms with Crippen LogP contribution in [0, 0.1) is 0 Å². The minimum absolute atomic E-state index is 0.159. The smallest absolute Gasteiger partial charge is 0.0702 e. The van der Waals surface area contributed by atoms with Gasteiger partial charge >= 0.3 is 0 Å². The lowest BCUT2D eigenvalue weighted by atomic mass is 9.93. The number of aliphatic hydroxyl groups excluding tert-OH is 1. The second kappa shape index (κ2) is 6.70. The summed E-state index contributed by atoms with van der Waals surface area (Å²) in [5, 5.41) is 13.4. The predicted octanol–water partition coefficient (Wildman–Crippen LogP) is 1.23. The van der Waals surface area contributed by atoms with Gasteiger partial charge in [-0.05, 0) is 44.8 Å². The summed E-state index contributed by atoms with van der Waals surface area (Å²) < 4.78 is 7.68. The van der Waals surface area contributed by atoms with Crippen LogP contribution in [0.25, 0.3) is 0 Å². The van der Waals surface area contributed by atoms with Gasteiger partial charge in [-0.1, -0.05) is 0 Å². The van der Waals surface area contributed by atoms with Crippen molar-refractivity contribution in [2.45, 2.75) is 44.2 Å². The average Bonchev–Trinajstić information content (AvgIpc) is 3.12. The third-order valence-electron chi connectivity index (χ3n) is 4.55. The van der Waals surface area contributed by atoms with Crippen molar-refractivity contribution in [1.82, 2.24) is 14.7 Å². The van der Waals surface area contributed by atoms with Crippen molar-refractivity contribution in [3.8, 4) is 0 Å². The molecule has 2 aliphatic rings. The first kappa shape index (κ1) is 14.0. The van der Waals surface area contributed by atoms with Gasteiger partial charge in [-0.25, -0.2) is 0 Å². The first-order chi connectivity index (χ1) is 9.86. The van der Waals surface area contributed by atoms with E-state index in [4.69, 9.17) is 9.84 Å². The van der Waals surface area contributed by atoms with E-state index in [9.17, 15) is 0 Å². The van der Waals surface area contributed by atoms with Gasteiger partial charge < -0.3 is 14.7 Å². The van der Waals surface area contributed by atoms with E-state index in [0.29, 0.717) is 18.6 Å². The molecule has 1 unspecified atom stereocenters. The van der Waals surface area contributed by atoms with Gasteiger partial charge in [0.25, 0.3) is 0 Å². The Labute approximate surface area is 120 Å². The highest BCUT2D eigenvalue weighted by Gasteiger charge is 2.26. The van der Waals surface area contributed by atoms with E-state index < -0.39 is 0 Å². The molecule has 0 saturated carbocycles. The first-order valence-electron chi connectivity index (χ1n) is 7.83. The predicted molar refractivity (Wildman–Crippen MR) is 76.7 cm³/mol. The Morgan fingerprint density at radius 3 is 2.85 bits per heavy atom. The molecule has 2 saturated heterocycles. The number of piperidine rings is 1. The van der Waals surface area contributed by atoms with Gasteiger partial charge in [-0.15, -0.1) is 0 Å². The van der Waals surface area contributed by atoms with Crippen molar-refractivity contribution in [1.29, 1.82) is 0 Å². The highest BCUT2D eigenvalue weighted by molar-refractivity contribution is 5.09. The summed E-state index contributed by atoms with van der Waals surface area (Å²) in [7, 11) is 0. The number of hydrogen-bond donors (Lipinski definition) is 1. The van der Waals surface area contributed by atoms with Crippen LogP contribution in [0.4, 0.5) is 0 Å². The van der Waals surface area contributed by atoms with Crippen LogP contribution in [0.15, 0.2) is 12.3 Å². The Balaban J connectivity index is 1.51. The average molecular weight is 279 g/mol. The van der Waals surface area contributed by atoms with Crippen LogP contribution in [0.1, 0.15) is 37.3 Å². The third-order valence-corrected chi connectivity index (χ3v) is 4.55. The molecule has 5 nitrogen and oxygen atoms in total. The Kier molecular flexibility index (Phi) is 4.70. The molecule has 0 bridgehead atoms. The molecule has 0 radical (unpaired) electrons. The lowest BCUT2D eigenvalue weighted by Crippen LogP contribution is -2.38. The highest BCUT2D eigenvalue weighted by atomic mass is 16.5. The lowest BCUT2D eigenvalue weighted by Gasteiger charge is -2.33. The maximum atomic E-state index is 9.08. The normalized spacial score (nSPS) is 25.4. The Hall–Kier alpha value is -0.910. The fraction of sp³-hybridized carbons (Fsp3) is 0.800. The van der Waals surface area contributed by atoms with Crippen LogP contribution in [-0.2, 0) is 11.3 Å². The van der Waals surface area contributed by atoms with Crippen molar-refractivity contribution in [2.24, 2.45) is 0 Å². The number of nitrogens with zero attached hydrogens (tertiary/aromatic N) is 3. The van der Waals surface area contributed by atoms with Crippen molar-refractivity contribution in [3.05, 3.63) is 18.0 Å². The number of aromatic nitrogens is 2. The highest BCUT2D eigenvalue weighted by Crippen LogP contribution is 2.28. The molecule has 2 aliphatic heterocycles. The molecule has 5 heteroatoms. The molecule has 0 aromatic carbocycles. The Bertz CT molecular complexity index is 407. The summed E-state index contributed by atoms with van der Waals surface area (Å²) in [5.41, 5.74) is 1.29. The van der Waals surface area contributed by atoms with E-state index in [-0.39, 0.29) is 6.61 Å². The van der Waals surface area contributed by atoms with Gasteiger partial charge in [0.1, 0.15) is 0 Å². The van der Waals surface area contributed by atoms with Gasteiger partial charge in [-0.2, -0.15) is 5.10 Å². The second-order valence-electron chi connectivity index (χ2n) is 5.91. The van der Waals surface area contributed by atoms with Crippen LogP contribution >= 0.6 is 0 Å². The molecule has 2 fully saturated rings. The molecule has 3 heterocycles. The van der Waals surface area contributed by atoms with Crippen molar-refractivity contribution >= 4 is 0 Å². The fourth-order valence-corrected chi connectivity index (χ4v) is 3.46. The number of hydrogen-bond acceptors (Lipinski definition) is 4. The van der Waals surface area contributed by atoms with Crippen LogP contribution in [0.5, 0.6) is 0 Å². The summed E-state index contributed by atoms with van der Waals surface area (Å²) in [4.78, 5) is 2.54. The fourth-order valence-electron chi connectivity index (χ4n) is 3.46. The molecule has 3 rings (SSSR count). The van der Waals surface area contributed by atoms with E-state index in [0.717, 1.165) is 26.2 Å². The van der Waals surface area contributed by atoms with E-state index in [2.05, 4.69) is 16.1 Å². The summed E-state index contributed by atoms with van der Waals surface area (Å²) in [6.07, 6.45) is 7.13. The largest absolute Gasteiger partial charge is 0.394 e. The quantitative estimate of drug-likeness (QED) is 0.881. The topological polar surface area (TPSA) is 50.5 Å². The van der Waals surface area contributed by atoms with Gasteiger partial charge in [0, 0.05) is 31.0 Å². The molecule has 1 aromatic rings. The van der Waals surface area contributed by atoms with Crippen LogP contribution in [0.2, 0.25) is 0 Å². The summed E-state index contributed by atoms with van der Waals surface area (Å²) in [6.45, 7) is 5.11. The molecule has 1 aromatic heterocycles. The molecule has 1 N–H and O–H groups in total. The van der Waals surface area contributed by atoms with Crippen LogP contribution in [-0.4, -0.2) is 58.7 Å². The maximum Gasteiger partial charge on any atom is 0.0702 e. The van der Waals surface area contributed by atoms with E-state index in [1.807, 2.05) is 10.9 Å². The maximum absolute atomic E-state index is 9.08. The standard InChI is InChI=1S/C15H25N3O2/c19-10-9-18-15(3-6-16-18)13-4-7-17(8-5-13)12-14-2-1-11-20-14/h3,6,13-14,19H,1-2,4-5,7-12H2. The molecule has 20 heavy (non-hydrogen) atoms. The van der Waals surface area contributed by atoms with Crippen LogP contribution in [0.3, 0.4) is 0 Å². The number of likely N-dealkylation sites (tertiary alicyclic amines) is 1. The van der Waals surface area contributed by atoms with Crippen molar-refractivity contribution in [3.63, 3.8) is 0 Å². The van der Waals surface area contributed by atoms with E-state index in [1.54, 1.807) is 0 Å². The zero-order valence-electron chi connectivity index (χ0n) is 12.1. The third kappa shape index (κ3) is 3.22. The summed E-state index contributed by atoms with van der Waals surface area (Å²) >= 11 is 0. The molecule has 0 amide bonds. The van der Waals surface area contributed by atoms with Crippen molar-refractivity contribution < 1.29 is 9.84 Å². The minimum atomic E-state index is 0.159. The SMILES string of the molecule is OCCn1nccc1C1CCN(CC2CCCO2)CC1. The molecule has 0 spiro atoms. The number of rotatable bonds is 5. The molecule has 0 aliphatic carbocycles. The molecule has 112 valence electrons. The first-order valence-corrected chi connectivity index (χ1v) is 7.83. The number of aliphatic hydroxyl groups is 1. The van der Waals surface area contributed by atoms with Crippen LogP contribution < -0.4 is 0 Å². The second-order valence-corrected chi connectivity index (χ2v) is 5.91. The van der Waals surface area contributed by atoms with Crippen molar-refractivity contribution in [2.75, 3.05) is 32.8 Å². The summed E-state index contributed by atoms with van der Waals surface area (Å²) in [6, 6.07) is 2.11. The zero-order valence-corrected chi connectivity index (χ0v) is 12.1. The Morgan fingerprint density at radius 2 is 2.15 bits per heavy atom. The monoisotopic (exact) mass is 279 g/mol. The van der Waals surface area contributed by atoms with Gasteiger partial charge in [0.05, 0.1) is 19.3 Å². The summed E-state index contributed by atoms with van der Waals surface area (Å²) in [5.74, 6) is 0.588. The molecular formula is C15H25N3O2. The van der Waals surface area contributed by atoms with Gasteiger partial charge in [0.15, 0.2) is 0 Å². The molecular weight excluding hydrogens is 254 g/mol. The minimum Gasteiger partial charge on any atom is -0.394 e. The van der Waals surface area contributed by atoms with Gasteiger partial charge in [-0.3, -0.25) is 4.68 Å². The van der Waals surface area contributed by atoms with E-state index in [1.165, 1.54) is 31.4 Å².